The third kappa shape index (κ3) is 2.94. The van der Waals surface area contributed by atoms with Gasteiger partial charge in [-0.15, -0.1) is 0 Å². The number of nitrogens with zero attached hydrogens (tertiary/aromatic N) is 1. The molecule has 1 atom stereocenters. The van der Waals surface area contributed by atoms with Crippen LogP contribution in [0, 0.1) is 0 Å². The quantitative estimate of drug-likeness (QED) is 0.626. The predicted octanol–water partition coefficient (Wildman–Crippen LogP) is 5.19. The van der Waals surface area contributed by atoms with Gasteiger partial charge in [-0.1, -0.05) is 44.2 Å². The van der Waals surface area contributed by atoms with Gasteiger partial charge in [0.15, 0.2) is 6.73 Å². The van der Waals surface area contributed by atoms with Gasteiger partial charge in [-0.05, 0) is 47.6 Å². The molecule has 0 spiro atoms. The Balaban J connectivity index is 1.70. The van der Waals surface area contributed by atoms with Crippen LogP contribution in [-0.4, -0.2) is 4.57 Å². The summed E-state index contributed by atoms with van der Waals surface area (Å²) in [5.74, 6) is 1.52. The Hall–Kier alpha value is -2.22. The third-order valence-corrected chi connectivity index (χ3v) is 4.11. The molecule has 0 aliphatic heterocycles. The van der Waals surface area contributed by atoms with E-state index < -0.39 is 0 Å². The number of ether oxygens (including phenoxy) is 1. The highest BCUT2D eigenvalue weighted by Gasteiger charge is 2.04. The molecular weight excluding hydrogens is 258 g/mol. The number of hydrogen-bond acceptors (Lipinski definition) is 1. The summed E-state index contributed by atoms with van der Waals surface area (Å²) in [7, 11) is 0. The highest BCUT2D eigenvalue weighted by Crippen LogP contribution is 2.22. The van der Waals surface area contributed by atoms with Crippen molar-refractivity contribution in [3.63, 3.8) is 0 Å². The first-order chi connectivity index (χ1) is 10.3. The summed E-state index contributed by atoms with van der Waals surface area (Å²) in [4.78, 5) is 0. The summed E-state index contributed by atoms with van der Waals surface area (Å²) < 4.78 is 8.01. The van der Waals surface area contributed by atoms with Crippen LogP contribution < -0.4 is 4.74 Å². The molecule has 0 N–H and O–H groups in total. The lowest BCUT2D eigenvalue weighted by Gasteiger charge is -2.11. The van der Waals surface area contributed by atoms with Gasteiger partial charge < -0.3 is 9.30 Å². The number of hydrogen-bond donors (Lipinski definition) is 0. The maximum absolute atomic E-state index is 5.89. The van der Waals surface area contributed by atoms with Gasteiger partial charge >= 0.3 is 0 Å². The Morgan fingerprint density at radius 3 is 2.52 bits per heavy atom. The number of fused-ring (bicyclic) bond motifs is 1. The molecule has 2 aromatic carbocycles. The minimum atomic E-state index is 0.538. The molecule has 0 saturated heterocycles. The molecule has 1 aromatic heterocycles. The van der Waals surface area contributed by atoms with Crippen LogP contribution in [0.4, 0.5) is 0 Å². The monoisotopic (exact) mass is 279 g/mol. The average molecular weight is 279 g/mol. The van der Waals surface area contributed by atoms with Crippen molar-refractivity contribution in [3.8, 4) is 5.75 Å². The van der Waals surface area contributed by atoms with Crippen molar-refractivity contribution in [3.05, 3.63) is 66.4 Å². The first-order valence-corrected chi connectivity index (χ1v) is 7.54. The second kappa shape index (κ2) is 6.04. The van der Waals surface area contributed by atoms with E-state index in [4.69, 9.17) is 4.74 Å². The number of para-hydroxylation sites is 1. The maximum atomic E-state index is 5.89. The topological polar surface area (TPSA) is 14.2 Å². The molecule has 1 unspecified atom stereocenters. The van der Waals surface area contributed by atoms with Crippen LogP contribution in [0.25, 0.3) is 10.9 Å². The van der Waals surface area contributed by atoms with Gasteiger partial charge in [0, 0.05) is 6.20 Å². The summed E-state index contributed by atoms with van der Waals surface area (Å²) in [5, 5.41) is 1.24. The molecule has 108 valence electrons. The predicted molar refractivity (Wildman–Crippen MR) is 87.7 cm³/mol. The van der Waals surface area contributed by atoms with E-state index in [-0.39, 0.29) is 0 Å². The van der Waals surface area contributed by atoms with E-state index in [1.165, 1.54) is 16.5 Å². The molecule has 2 nitrogen and oxygen atoms in total. The first kappa shape index (κ1) is 13.7. The van der Waals surface area contributed by atoms with E-state index in [2.05, 4.69) is 79.2 Å². The molecule has 3 rings (SSSR count). The van der Waals surface area contributed by atoms with Crippen LogP contribution in [0.5, 0.6) is 5.75 Å². The summed E-state index contributed by atoms with van der Waals surface area (Å²) in [6.07, 6.45) is 3.23. The molecule has 0 saturated carbocycles. The van der Waals surface area contributed by atoms with Crippen LogP contribution in [0.3, 0.4) is 0 Å². The Labute approximate surface area is 126 Å². The lowest BCUT2D eigenvalue weighted by molar-refractivity contribution is 0.241. The molecule has 0 aliphatic rings. The van der Waals surface area contributed by atoms with Crippen LogP contribution in [0.15, 0.2) is 60.8 Å². The van der Waals surface area contributed by atoms with E-state index in [1.807, 2.05) is 0 Å². The molecule has 0 bridgehead atoms. The summed E-state index contributed by atoms with van der Waals surface area (Å²) in [5.41, 5.74) is 2.57. The van der Waals surface area contributed by atoms with Crippen molar-refractivity contribution >= 4 is 10.9 Å². The van der Waals surface area contributed by atoms with Crippen LogP contribution in [-0.2, 0) is 6.73 Å². The highest BCUT2D eigenvalue weighted by molar-refractivity contribution is 5.79. The normalized spacial score (nSPS) is 12.5. The van der Waals surface area contributed by atoms with E-state index in [0.29, 0.717) is 12.6 Å². The minimum Gasteiger partial charge on any atom is -0.473 e. The summed E-state index contributed by atoms with van der Waals surface area (Å²) >= 11 is 0. The SMILES string of the molecule is CCC(C)c1ccc(OCn2ccc3ccccc32)cc1. The second-order valence-electron chi connectivity index (χ2n) is 5.50. The van der Waals surface area contributed by atoms with Crippen LogP contribution in [0.1, 0.15) is 31.7 Å². The summed E-state index contributed by atoms with van der Waals surface area (Å²) in [6, 6.07) is 18.9. The van der Waals surface area contributed by atoms with E-state index in [0.717, 1.165) is 12.2 Å². The summed E-state index contributed by atoms with van der Waals surface area (Å²) in [6.45, 7) is 5.00. The van der Waals surface area contributed by atoms with Crippen molar-refractivity contribution < 1.29 is 4.74 Å². The van der Waals surface area contributed by atoms with Crippen molar-refractivity contribution in [1.82, 2.24) is 4.57 Å². The molecule has 0 aliphatic carbocycles. The van der Waals surface area contributed by atoms with Crippen LogP contribution >= 0.6 is 0 Å². The van der Waals surface area contributed by atoms with Crippen molar-refractivity contribution in [1.29, 1.82) is 0 Å². The molecule has 0 amide bonds. The van der Waals surface area contributed by atoms with Crippen molar-refractivity contribution in [2.45, 2.75) is 32.9 Å². The zero-order chi connectivity index (χ0) is 14.7. The number of aromatic nitrogens is 1. The molecule has 3 aromatic rings. The number of rotatable bonds is 5. The molecule has 21 heavy (non-hydrogen) atoms. The van der Waals surface area contributed by atoms with E-state index in [1.54, 1.807) is 0 Å². The van der Waals surface area contributed by atoms with Gasteiger partial charge in [-0.3, -0.25) is 0 Å². The standard InChI is InChI=1S/C19H21NO/c1-3-15(2)16-8-10-18(11-9-16)21-14-20-13-12-17-6-4-5-7-19(17)20/h4-13,15H,3,14H2,1-2H3. The fourth-order valence-electron chi connectivity index (χ4n) is 2.53. The largest absolute Gasteiger partial charge is 0.473 e. The molecular formula is C19H21NO. The van der Waals surface area contributed by atoms with E-state index >= 15 is 0 Å². The smallest absolute Gasteiger partial charge is 0.165 e. The number of benzene rings is 2. The van der Waals surface area contributed by atoms with Gasteiger partial charge in [0.2, 0.25) is 0 Å². The van der Waals surface area contributed by atoms with Gasteiger partial charge in [-0.25, -0.2) is 0 Å². The first-order valence-electron chi connectivity index (χ1n) is 7.54. The Kier molecular flexibility index (Phi) is 3.96. The maximum Gasteiger partial charge on any atom is 0.165 e. The minimum absolute atomic E-state index is 0.538. The van der Waals surface area contributed by atoms with Crippen molar-refractivity contribution in [2.75, 3.05) is 0 Å². The molecule has 1 heterocycles. The van der Waals surface area contributed by atoms with Crippen LogP contribution in [0.2, 0.25) is 0 Å². The highest BCUT2D eigenvalue weighted by atomic mass is 16.5. The Bertz CT molecular complexity index is 712. The van der Waals surface area contributed by atoms with Gasteiger partial charge in [0.05, 0.1) is 5.52 Å². The average Bonchev–Trinajstić information content (AvgIpc) is 2.96. The Morgan fingerprint density at radius 1 is 1.00 bits per heavy atom. The fraction of sp³-hybridized carbons (Fsp3) is 0.263. The zero-order valence-electron chi connectivity index (χ0n) is 12.6. The van der Waals surface area contributed by atoms with Crippen molar-refractivity contribution in [2.24, 2.45) is 0 Å². The third-order valence-electron chi connectivity index (χ3n) is 4.11. The molecule has 2 heteroatoms. The lowest BCUT2D eigenvalue weighted by atomic mass is 9.99. The molecule has 0 fully saturated rings. The van der Waals surface area contributed by atoms with Gasteiger partial charge in [0.25, 0.3) is 0 Å². The Morgan fingerprint density at radius 2 is 1.76 bits per heavy atom. The fourth-order valence-corrected chi connectivity index (χ4v) is 2.53. The van der Waals surface area contributed by atoms with Gasteiger partial charge in [0.1, 0.15) is 5.75 Å². The van der Waals surface area contributed by atoms with E-state index in [9.17, 15) is 0 Å². The zero-order valence-corrected chi connectivity index (χ0v) is 12.6. The lowest BCUT2D eigenvalue weighted by Crippen LogP contribution is -2.03. The second-order valence-corrected chi connectivity index (χ2v) is 5.50. The van der Waals surface area contributed by atoms with Gasteiger partial charge in [-0.2, -0.15) is 0 Å². The molecule has 0 radical (unpaired) electrons.